The van der Waals surface area contributed by atoms with Crippen LogP contribution in [0, 0.1) is 0 Å². The first-order valence-corrected chi connectivity index (χ1v) is 3.84. The summed E-state index contributed by atoms with van der Waals surface area (Å²) in [6.45, 7) is 1.55. The Labute approximate surface area is 64.5 Å². The lowest BCUT2D eigenvalue weighted by Crippen LogP contribution is -2.58. The van der Waals surface area contributed by atoms with Crippen molar-refractivity contribution >= 4 is 11.8 Å². The van der Waals surface area contributed by atoms with E-state index in [1.807, 2.05) is 0 Å². The first-order valence-electron chi connectivity index (χ1n) is 3.84. The summed E-state index contributed by atoms with van der Waals surface area (Å²) in [5, 5.41) is 3.03. The highest BCUT2D eigenvalue weighted by Crippen LogP contribution is 2.17. The molecule has 4 heteroatoms. The SMILES string of the molecule is O=C1CCC(=O)N1C1CNC1. The van der Waals surface area contributed by atoms with Crippen molar-refractivity contribution in [1.29, 1.82) is 0 Å². The van der Waals surface area contributed by atoms with Gasteiger partial charge in [0.05, 0.1) is 6.04 Å². The van der Waals surface area contributed by atoms with Gasteiger partial charge in [0.2, 0.25) is 11.8 Å². The van der Waals surface area contributed by atoms with Crippen LogP contribution in [0.15, 0.2) is 0 Å². The highest BCUT2D eigenvalue weighted by atomic mass is 16.2. The molecule has 4 nitrogen and oxygen atoms in total. The molecule has 0 spiro atoms. The number of rotatable bonds is 1. The first-order chi connectivity index (χ1) is 5.29. The fourth-order valence-electron chi connectivity index (χ4n) is 1.46. The molecular formula is C7H10N2O2. The van der Waals surface area contributed by atoms with E-state index >= 15 is 0 Å². The molecule has 2 rings (SSSR count). The van der Waals surface area contributed by atoms with Crippen LogP contribution in [-0.4, -0.2) is 35.8 Å². The molecule has 2 fully saturated rings. The molecule has 60 valence electrons. The van der Waals surface area contributed by atoms with Crippen molar-refractivity contribution < 1.29 is 9.59 Å². The summed E-state index contributed by atoms with van der Waals surface area (Å²) in [4.78, 5) is 23.6. The van der Waals surface area contributed by atoms with Crippen molar-refractivity contribution in [2.75, 3.05) is 13.1 Å². The Balaban J connectivity index is 2.09. The lowest BCUT2D eigenvalue weighted by molar-refractivity contribution is -0.142. The van der Waals surface area contributed by atoms with Crippen molar-refractivity contribution in [2.24, 2.45) is 0 Å². The third-order valence-corrected chi connectivity index (χ3v) is 2.22. The molecule has 0 bridgehead atoms. The van der Waals surface area contributed by atoms with E-state index < -0.39 is 0 Å². The van der Waals surface area contributed by atoms with E-state index in [0.29, 0.717) is 12.8 Å². The largest absolute Gasteiger partial charge is 0.313 e. The molecule has 0 aromatic carbocycles. The maximum Gasteiger partial charge on any atom is 0.230 e. The summed E-state index contributed by atoms with van der Waals surface area (Å²) < 4.78 is 0. The number of hydrogen-bond donors (Lipinski definition) is 1. The number of nitrogens with one attached hydrogen (secondary N) is 1. The number of amides is 2. The van der Waals surface area contributed by atoms with Crippen LogP contribution in [0.25, 0.3) is 0 Å². The van der Waals surface area contributed by atoms with E-state index in [1.54, 1.807) is 0 Å². The van der Waals surface area contributed by atoms with Crippen molar-refractivity contribution in [3.05, 3.63) is 0 Å². The molecule has 0 aromatic heterocycles. The van der Waals surface area contributed by atoms with Gasteiger partial charge in [-0.1, -0.05) is 0 Å². The van der Waals surface area contributed by atoms with Gasteiger partial charge in [-0.15, -0.1) is 0 Å². The van der Waals surface area contributed by atoms with Crippen LogP contribution in [0.1, 0.15) is 12.8 Å². The predicted octanol–water partition coefficient (Wildman–Crippen LogP) is -0.893. The summed E-state index contributed by atoms with van der Waals surface area (Å²) in [7, 11) is 0. The van der Waals surface area contributed by atoms with Crippen molar-refractivity contribution in [1.82, 2.24) is 10.2 Å². The van der Waals surface area contributed by atoms with E-state index in [-0.39, 0.29) is 17.9 Å². The highest BCUT2D eigenvalue weighted by molar-refractivity contribution is 6.02. The number of likely N-dealkylation sites (tertiary alicyclic amines) is 1. The number of hydrogen-bond acceptors (Lipinski definition) is 3. The minimum Gasteiger partial charge on any atom is -0.313 e. The van der Waals surface area contributed by atoms with Gasteiger partial charge in [-0.3, -0.25) is 14.5 Å². The summed E-state index contributed by atoms with van der Waals surface area (Å²) in [6, 6.07) is 0.150. The Hall–Kier alpha value is -0.900. The summed E-state index contributed by atoms with van der Waals surface area (Å²) in [5.74, 6) is 0.00278. The highest BCUT2D eigenvalue weighted by Gasteiger charge is 2.37. The average Bonchev–Trinajstić information content (AvgIpc) is 2.15. The second-order valence-corrected chi connectivity index (χ2v) is 2.97. The summed E-state index contributed by atoms with van der Waals surface area (Å²) >= 11 is 0. The smallest absolute Gasteiger partial charge is 0.230 e. The predicted molar refractivity (Wildman–Crippen MR) is 37.7 cm³/mol. The quantitative estimate of drug-likeness (QED) is 0.498. The number of imide groups is 1. The molecule has 0 aliphatic carbocycles. The van der Waals surface area contributed by atoms with Gasteiger partial charge in [0, 0.05) is 25.9 Å². The molecule has 0 radical (unpaired) electrons. The normalized spacial score (nSPS) is 26.0. The molecule has 0 aromatic rings. The monoisotopic (exact) mass is 154 g/mol. The number of carbonyl (C=O) groups excluding carboxylic acids is 2. The Morgan fingerprint density at radius 3 is 2.09 bits per heavy atom. The maximum atomic E-state index is 11.1. The third-order valence-electron chi connectivity index (χ3n) is 2.22. The van der Waals surface area contributed by atoms with Gasteiger partial charge < -0.3 is 5.32 Å². The van der Waals surface area contributed by atoms with Gasteiger partial charge in [-0.05, 0) is 0 Å². The van der Waals surface area contributed by atoms with Crippen LogP contribution < -0.4 is 5.32 Å². The lowest BCUT2D eigenvalue weighted by atomic mass is 10.1. The second-order valence-electron chi connectivity index (χ2n) is 2.97. The zero-order valence-electron chi connectivity index (χ0n) is 6.17. The molecule has 2 aliphatic rings. The van der Waals surface area contributed by atoms with Crippen LogP contribution in [-0.2, 0) is 9.59 Å². The molecule has 2 aliphatic heterocycles. The van der Waals surface area contributed by atoms with E-state index in [4.69, 9.17) is 0 Å². The van der Waals surface area contributed by atoms with Gasteiger partial charge in [-0.2, -0.15) is 0 Å². The van der Waals surface area contributed by atoms with Gasteiger partial charge >= 0.3 is 0 Å². The van der Waals surface area contributed by atoms with Crippen LogP contribution in [0.2, 0.25) is 0 Å². The molecule has 0 saturated carbocycles. The number of nitrogens with zero attached hydrogens (tertiary/aromatic N) is 1. The van der Waals surface area contributed by atoms with Gasteiger partial charge in [0.1, 0.15) is 0 Å². The van der Waals surface area contributed by atoms with Crippen molar-refractivity contribution in [2.45, 2.75) is 18.9 Å². The fourth-order valence-corrected chi connectivity index (χ4v) is 1.46. The Morgan fingerprint density at radius 2 is 1.73 bits per heavy atom. The zero-order chi connectivity index (χ0) is 7.84. The second kappa shape index (κ2) is 2.30. The maximum absolute atomic E-state index is 11.1. The third kappa shape index (κ3) is 0.939. The lowest BCUT2D eigenvalue weighted by Gasteiger charge is -2.33. The van der Waals surface area contributed by atoms with Crippen LogP contribution in [0.5, 0.6) is 0 Å². The van der Waals surface area contributed by atoms with E-state index in [0.717, 1.165) is 13.1 Å². The molecule has 0 atom stereocenters. The number of carbonyl (C=O) groups is 2. The van der Waals surface area contributed by atoms with E-state index in [2.05, 4.69) is 5.32 Å². The topological polar surface area (TPSA) is 49.4 Å². The van der Waals surface area contributed by atoms with Crippen LogP contribution in [0.3, 0.4) is 0 Å². The molecule has 1 N–H and O–H groups in total. The van der Waals surface area contributed by atoms with E-state index in [1.165, 1.54) is 4.90 Å². The molecule has 11 heavy (non-hydrogen) atoms. The average molecular weight is 154 g/mol. The molecule has 0 unspecified atom stereocenters. The van der Waals surface area contributed by atoms with Gasteiger partial charge in [-0.25, -0.2) is 0 Å². The molecule has 2 amide bonds. The Morgan fingerprint density at radius 1 is 1.18 bits per heavy atom. The Kier molecular flexibility index (Phi) is 1.42. The van der Waals surface area contributed by atoms with Crippen LogP contribution in [0.4, 0.5) is 0 Å². The minimum atomic E-state index is 0.00139. The van der Waals surface area contributed by atoms with Gasteiger partial charge in [0.15, 0.2) is 0 Å². The van der Waals surface area contributed by atoms with Crippen LogP contribution >= 0.6 is 0 Å². The summed E-state index contributed by atoms with van der Waals surface area (Å²) in [5.41, 5.74) is 0. The Bertz CT molecular complexity index is 194. The van der Waals surface area contributed by atoms with Crippen molar-refractivity contribution in [3.63, 3.8) is 0 Å². The van der Waals surface area contributed by atoms with Gasteiger partial charge in [0.25, 0.3) is 0 Å². The first kappa shape index (κ1) is 6.79. The summed E-state index contributed by atoms with van der Waals surface area (Å²) in [6.07, 6.45) is 0.824. The fraction of sp³-hybridized carbons (Fsp3) is 0.714. The molecule has 2 saturated heterocycles. The molecular weight excluding hydrogens is 144 g/mol. The minimum absolute atomic E-state index is 0.00139. The van der Waals surface area contributed by atoms with E-state index in [9.17, 15) is 9.59 Å². The zero-order valence-corrected chi connectivity index (χ0v) is 6.17. The van der Waals surface area contributed by atoms with Crippen molar-refractivity contribution in [3.8, 4) is 0 Å². The standard InChI is InChI=1S/C7H10N2O2/c10-6-1-2-7(11)9(6)5-3-8-4-5/h5,8H,1-4H2. The molecule has 2 heterocycles.